The Hall–Kier alpha value is -1.46. The fourth-order valence-electron chi connectivity index (χ4n) is 1.32. The summed E-state index contributed by atoms with van der Waals surface area (Å²) in [5.41, 5.74) is 0.580. The van der Waals surface area contributed by atoms with Gasteiger partial charge in [-0.15, -0.1) is 0 Å². The van der Waals surface area contributed by atoms with Gasteiger partial charge in [0.2, 0.25) is 0 Å². The molecule has 92 valence electrons. The SMILES string of the molecule is COCC(C)NC(=S)NC(=O)c1ccccc1. The zero-order chi connectivity index (χ0) is 12.7. The largest absolute Gasteiger partial charge is 0.383 e. The second kappa shape index (κ2) is 6.98. The molecule has 1 aromatic carbocycles. The molecule has 1 rings (SSSR count). The highest BCUT2D eigenvalue weighted by Crippen LogP contribution is 1.97. The van der Waals surface area contributed by atoms with Crippen LogP contribution in [0.15, 0.2) is 30.3 Å². The molecule has 0 aliphatic heterocycles. The van der Waals surface area contributed by atoms with E-state index in [2.05, 4.69) is 10.6 Å². The Balaban J connectivity index is 2.44. The number of thiocarbonyl (C=S) groups is 1. The highest BCUT2D eigenvalue weighted by molar-refractivity contribution is 7.80. The van der Waals surface area contributed by atoms with Crippen LogP contribution in [0, 0.1) is 0 Å². The van der Waals surface area contributed by atoms with Gasteiger partial charge in [0.15, 0.2) is 5.11 Å². The number of hydrogen-bond donors (Lipinski definition) is 2. The number of nitrogens with one attached hydrogen (secondary N) is 2. The second-order valence-corrected chi connectivity index (χ2v) is 4.06. The number of ether oxygens (including phenoxy) is 1. The van der Waals surface area contributed by atoms with Crippen LogP contribution < -0.4 is 10.6 Å². The van der Waals surface area contributed by atoms with Crippen LogP contribution in [0.1, 0.15) is 17.3 Å². The summed E-state index contributed by atoms with van der Waals surface area (Å²) in [6.45, 7) is 2.45. The lowest BCUT2D eigenvalue weighted by atomic mass is 10.2. The monoisotopic (exact) mass is 252 g/mol. The van der Waals surface area contributed by atoms with Crippen molar-refractivity contribution in [3.63, 3.8) is 0 Å². The van der Waals surface area contributed by atoms with Crippen LogP contribution in [0.2, 0.25) is 0 Å². The zero-order valence-electron chi connectivity index (χ0n) is 9.90. The smallest absolute Gasteiger partial charge is 0.257 e. The minimum Gasteiger partial charge on any atom is -0.383 e. The van der Waals surface area contributed by atoms with Crippen molar-refractivity contribution in [2.24, 2.45) is 0 Å². The summed E-state index contributed by atoms with van der Waals surface area (Å²) in [6, 6.07) is 8.99. The van der Waals surface area contributed by atoms with E-state index in [-0.39, 0.29) is 11.9 Å². The minimum absolute atomic E-state index is 0.0589. The van der Waals surface area contributed by atoms with Crippen LogP contribution in [0.3, 0.4) is 0 Å². The first kappa shape index (κ1) is 13.6. The molecule has 0 saturated heterocycles. The Labute approximate surface area is 106 Å². The number of amides is 1. The van der Waals surface area contributed by atoms with Crippen molar-refractivity contribution in [1.29, 1.82) is 0 Å². The molecule has 0 saturated carbocycles. The van der Waals surface area contributed by atoms with E-state index in [9.17, 15) is 4.79 Å². The first-order valence-corrected chi connectivity index (χ1v) is 5.70. The van der Waals surface area contributed by atoms with Gasteiger partial charge < -0.3 is 10.1 Å². The van der Waals surface area contributed by atoms with Gasteiger partial charge in [-0.1, -0.05) is 18.2 Å². The van der Waals surface area contributed by atoms with Gasteiger partial charge in [-0.25, -0.2) is 0 Å². The molecule has 0 spiro atoms. The summed E-state index contributed by atoms with van der Waals surface area (Å²) >= 11 is 5.02. The van der Waals surface area contributed by atoms with E-state index in [1.807, 2.05) is 13.0 Å². The summed E-state index contributed by atoms with van der Waals surface area (Å²) in [4.78, 5) is 11.7. The molecule has 0 bridgehead atoms. The predicted molar refractivity (Wildman–Crippen MR) is 71.0 cm³/mol. The molecule has 4 nitrogen and oxygen atoms in total. The maximum atomic E-state index is 11.7. The highest BCUT2D eigenvalue weighted by atomic mass is 32.1. The lowest BCUT2D eigenvalue weighted by Crippen LogP contribution is -2.44. The van der Waals surface area contributed by atoms with Crippen molar-refractivity contribution >= 4 is 23.2 Å². The van der Waals surface area contributed by atoms with Gasteiger partial charge in [0.1, 0.15) is 0 Å². The summed E-state index contributed by atoms with van der Waals surface area (Å²) in [7, 11) is 1.61. The Bertz CT molecular complexity index is 381. The van der Waals surface area contributed by atoms with E-state index in [4.69, 9.17) is 17.0 Å². The van der Waals surface area contributed by atoms with Crippen LogP contribution in [-0.2, 0) is 4.74 Å². The van der Waals surface area contributed by atoms with Crippen molar-refractivity contribution in [3.05, 3.63) is 35.9 Å². The molecule has 1 aromatic rings. The van der Waals surface area contributed by atoms with E-state index in [1.54, 1.807) is 31.4 Å². The Morgan fingerprint density at radius 3 is 2.65 bits per heavy atom. The average molecular weight is 252 g/mol. The van der Waals surface area contributed by atoms with Crippen LogP contribution >= 0.6 is 12.2 Å². The molecule has 0 aromatic heterocycles. The summed E-state index contributed by atoms with van der Waals surface area (Å²) in [5, 5.41) is 5.88. The van der Waals surface area contributed by atoms with Crippen molar-refractivity contribution in [2.45, 2.75) is 13.0 Å². The van der Waals surface area contributed by atoms with E-state index in [0.29, 0.717) is 17.3 Å². The Morgan fingerprint density at radius 1 is 1.41 bits per heavy atom. The Kier molecular flexibility index (Phi) is 5.59. The lowest BCUT2D eigenvalue weighted by Gasteiger charge is -2.15. The second-order valence-electron chi connectivity index (χ2n) is 3.65. The zero-order valence-corrected chi connectivity index (χ0v) is 10.7. The number of carbonyl (C=O) groups excluding carboxylic acids is 1. The van der Waals surface area contributed by atoms with Crippen molar-refractivity contribution in [1.82, 2.24) is 10.6 Å². The van der Waals surface area contributed by atoms with Crippen LogP contribution in [0.4, 0.5) is 0 Å². The minimum atomic E-state index is -0.215. The van der Waals surface area contributed by atoms with Gasteiger partial charge >= 0.3 is 0 Å². The van der Waals surface area contributed by atoms with Gasteiger partial charge in [-0.05, 0) is 31.3 Å². The molecule has 2 N–H and O–H groups in total. The molecule has 0 aliphatic carbocycles. The van der Waals surface area contributed by atoms with Gasteiger partial charge in [0.25, 0.3) is 5.91 Å². The fraction of sp³-hybridized carbons (Fsp3) is 0.333. The highest BCUT2D eigenvalue weighted by Gasteiger charge is 2.08. The molecule has 0 heterocycles. The third-order valence-corrected chi connectivity index (χ3v) is 2.28. The maximum absolute atomic E-state index is 11.7. The maximum Gasteiger partial charge on any atom is 0.257 e. The molecule has 0 aliphatic rings. The number of rotatable bonds is 4. The standard InChI is InChI=1S/C12H16N2O2S/c1-9(8-16-2)13-12(17)14-11(15)10-6-4-3-5-7-10/h3-7,9H,8H2,1-2H3,(H2,13,14,15,17). The van der Waals surface area contributed by atoms with Crippen molar-refractivity contribution < 1.29 is 9.53 Å². The Morgan fingerprint density at radius 2 is 2.06 bits per heavy atom. The molecular weight excluding hydrogens is 236 g/mol. The third-order valence-electron chi connectivity index (χ3n) is 2.06. The number of carbonyl (C=O) groups is 1. The molecule has 1 unspecified atom stereocenters. The van der Waals surface area contributed by atoms with Gasteiger partial charge in [-0.2, -0.15) is 0 Å². The lowest BCUT2D eigenvalue weighted by molar-refractivity contribution is 0.0976. The normalized spacial score (nSPS) is 11.6. The first-order chi connectivity index (χ1) is 8.13. The quantitative estimate of drug-likeness (QED) is 0.794. The number of methoxy groups -OCH3 is 1. The third kappa shape index (κ3) is 4.93. The van der Waals surface area contributed by atoms with Crippen LogP contribution in [0.25, 0.3) is 0 Å². The van der Waals surface area contributed by atoms with E-state index >= 15 is 0 Å². The molecule has 5 heteroatoms. The van der Waals surface area contributed by atoms with Gasteiger partial charge in [0.05, 0.1) is 6.61 Å². The topological polar surface area (TPSA) is 50.4 Å². The molecule has 1 atom stereocenters. The van der Waals surface area contributed by atoms with Crippen LogP contribution in [0.5, 0.6) is 0 Å². The number of benzene rings is 1. The fourth-order valence-corrected chi connectivity index (χ4v) is 1.61. The molecule has 17 heavy (non-hydrogen) atoms. The van der Waals surface area contributed by atoms with Crippen molar-refractivity contribution in [3.8, 4) is 0 Å². The summed E-state index contributed by atoms with van der Waals surface area (Å²) in [6.07, 6.45) is 0. The number of hydrogen-bond acceptors (Lipinski definition) is 3. The molecule has 0 fully saturated rings. The first-order valence-electron chi connectivity index (χ1n) is 5.29. The molecule has 1 amide bonds. The van der Waals surface area contributed by atoms with E-state index < -0.39 is 0 Å². The van der Waals surface area contributed by atoms with Crippen molar-refractivity contribution in [2.75, 3.05) is 13.7 Å². The van der Waals surface area contributed by atoms with Gasteiger partial charge in [-0.3, -0.25) is 10.1 Å². The van der Waals surface area contributed by atoms with Crippen LogP contribution in [-0.4, -0.2) is 30.8 Å². The molecular formula is C12H16N2O2S. The molecule has 0 radical (unpaired) electrons. The average Bonchev–Trinajstić information content (AvgIpc) is 2.30. The van der Waals surface area contributed by atoms with E-state index in [0.717, 1.165) is 0 Å². The van der Waals surface area contributed by atoms with E-state index in [1.165, 1.54) is 0 Å². The summed E-state index contributed by atoms with van der Waals surface area (Å²) in [5.74, 6) is -0.215. The predicted octanol–water partition coefficient (Wildman–Crippen LogP) is 1.33. The van der Waals surface area contributed by atoms with Gasteiger partial charge in [0, 0.05) is 18.7 Å². The summed E-state index contributed by atoms with van der Waals surface area (Å²) < 4.78 is 4.96.